The number of methoxy groups -OCH3 is 1. The van der Waals surface area contributed by atoms with Gasteiger partial charge in [-0.3, -0.25) is 0 Å². The number of hydrogen-bond donors (Lipinski definition) is 1. The number of piperidine rings is 1. The monoisotopic (exact) mass is 250 g/mol. The van der Waals surface area contributed by atoms with E-state index in [1.54, 1.807) is 13.4 Å². The van der Waals surface area contributed by atoms with Gasteiger partial charge in [-0.25, -0.2) is 9.97 Å². The molecule has 18 heavy (non-hydrogen) atoms. The van der Waals surface area contributed by atoms with Gasteiger partial charge >= 0.3 is 0 Å². The number of rotatable bonds is 5. The zero-order chi connectivity index (χ0) is 12.8. The number of anilines is 2. The lowest BCUT2D eigenvalue weighted by atomic mass is 9.99. The lowest BCUT2D eigenvalue weighted by Crippen LogP contribution is -2.37. The maximum atomic E-state index is 5.26. The first-order chi connectivity index (χ1) is 8.83. The normalized spacial score (nSPS) is 19.9. The Balaban J connectivity index is 2.03. The average Bonchev–Trinajstić information content (AvgIpc) is 2.40. The first kappa shape index (κ1) is 13.1. The van der Waals surface area contributed by atoms with Crippen molar-refractivity contribution in [1.82, 2.24) is 9.97 Å². The SMILES string of the molecule is CCNc1cc(N2CCCC(COC)C2)ncn1. The number of nitrogens with zero attached hydrogens (tertiary/aromatic N) is 3. The van der Waals surface area contributed by atoms with E-state index in [1.165, 1.54) is 12.8 Å². The van der Waals surface area contributed by atoms with Crippen molar-refractivity contribution in [2.24, 2.45) is 5.92 Å². The summed E-state index contributed by atoms with van der Waals surface area (Å²) in [7, 11) is 1.77. The summed E-state index contributed by atoms with van der Waals surface area (Å²) in [6.45, 7) is 5.88. The van der Waals surface area contributed by atoms with Gasteiger partial charge in [-0.2, -0.15) is 0 Å². The fraction of sp³-hybridized carbons (Fsp3) is 0.692. The standard InChI is InChI=1S/C13H22N4O/c1-3-14-12-7-13(16-10-15-12)17-6-4-5-11(8-17)9-18-2/h7,10-11H,3-6,8-9H2,1-2H3,(H,14,15,16). The van der Waals surface area contributed by atoms with Crippen LogP contribution in [0.25, 0.3) is 0 Å². The lowest BCUT2D eigenvalue weighted by Gasteiger charge is -2.33. The van der Waals surface area contributed by atoms with Gasteiger partial charge in [-0.1, -0.05) is 0 Å². The Kier molecular flexibility index (Phi) is 4.75. The van der Waals surface area contributed by atoms with Gasteiger partial charge in [0.15, 0.2) is 0 Å². The van der Waals surface area contributed by atoms with Crippen molar-refractivity contribution in [1.29, 1.82) is 0 Å². The second kappa shape index (κ2) is 6.54. The molecule has 1 aliphatic rings. The van der Waals surface area contributed by atoms with Crippen LogP contribution in [0, 0.1) is 5.92 Å². The average molecular weight is 250 g/mol. The van der Waals surface area contributed by atoms with Crippen LogP contribution >= 0.6 is 0 Å². The van der Waals surface area contributed by atoms with Gasteiger partial charge in [-0.15, -0.1) is 0 Å². The van der Waals surface area contributed by atoms with Crippen LogP contribution in [0.1, 0.15) is 19.8 Å². The summed E-state index contributed by atoms with van der Waals surface area (Å²) in [6, 6.07) is 2.03. The van der Waals surface area contributed by atoms with E-state index in [1.807, 2.05) is 6.07 Å². The number of aromatic nitrogens is 2. The van der Waals surface area contributed by atoms with Crippen molar-refractivity contribution in [2.45, 2.75) is 19.8 Å². The summed E-state index contributed by atoms with van der Waals surface area (Å²) in [6.07, 6.45) is 4.08. The zero-order valence-electron chi connectivity index (χ0n) is 11.2. The van der Waals surface area contributed by atoms with Crippen LogP contribution in [0.4, 0.5) is 11.6 Å². The van der Waals surface area contributed by atoms with Crippen molar-refractivity contribution in [3.8, 4) is 0 Å². The minimum absolute atomic E-state index is 0.612. The fourth-order valence-electron chi connectivity index (χ4n) is 2.44. The molecule has 5 nitrogen and oxygen atoms in total. The molecule has 0 saturated carbocycles. The first-order valence-corrected chi connectivity index (χ1v) is 6.63. The van der Waals surface area contributed by atoms with Crippen molar-refractivity contribution < 1.29 is 4.74 Å². The van der Waals surface area contributed by atoms with E-state index in [4.69, 9.17) is 4.74 Å². The molecule has 0 spiro atoms. The highest BCUT2D eigenvalue weighted by Crippen LogP contribution is 2.22. The van der Waals surface area contributed by atoms with Crippen LogP contribution in [0.15, 0.2) is 12.4 Å². The molecule has 2 rings (SSSR count). The fourth-order valence-corrected chi connectivity index (χ4v) is 2.44. The van der Waals surface area contributed by atoms with Crippen LogP contribution in [0.2, 0.25) is 0 Å². The Bertz CT molecular complexity index is 370. The highest BCUT2D eigenvalue weighted by molar-refractivity contribution is 5.48. The van der Waals surface area contributed by atoms with E-state index in [0.29, 0.717) is 5.92 Å². The summed E-state index contributed by atoms with van der Waals surface area (Å²) in [4.78, 5) is 10.9. The molecule has 1 saturated heterocycles. The molecule has 1 fully saturated rings. The third-order valence-corrected chi connectivity index (χ3v) is 3.26. The van der Waals surface area contributed by atoms with Crippen molar-refractivity contribution in [3.05, 3.63) is 12.4 Å². The van der Waals surface area contributed by atoms with Crippen molar-refractivity contribution in [2.75, 3.05) is 43.6 Å². The molecule has 1 unspecified atom stereocenters. The topological polar surface area (TPSA) is 50.3 Å². The third-order valence-electron chi connectivity index (χ3n) is 3.26. The Morgan fingerprint density at radius 2 is 2.39 bits per heavy atom. The molecule has 1 N–H and O–H groups in total. The Hall–Kier alpha value is -1.36. The first-order valence-electron chi connectivity index (χ1n) is 6.63. The van der Waals surface area contributed by atoms with Crippen molar-refractivity contribution in [3.63, 3.8) is 0 Å². The minimum atomic E-state index is 0.612. The van der Waals surface area contributed by atoms with E-state index < -0.39 is 0 Å². The Labute approximate surface area is 109 Å². The highest BCUT2D eigenvalue weighted by atomic mass is 16.5. The molecule has 0 radical (unpaired) electrons. The molecule has 0 aromatic carbocycles. The molecule has 0 aliphatic carbocycles. The van der Waals surface area contributed by atoms with E-state index in [0.717, 1.165) is 37.9 Å². The van der Waals surface area contributed by atoms with Gasteiger partial charge in [-0.05, 0) is 25.7 Å². The van der Waals surface area contributed by atoms with Crippen LogP contribution in [0.5, 0.6) is 0 Å². The number of ether oxygens (including phenoxy) is 1. The second-order valence-electron chi connectivity index (χ2n) is 4.70. The summed E-state index contributed by atoms with van der Waals surface area (Å²) in [5.74, 6) is 2.53. The highest BCUT2D eigenvalue weighted by Gasteiger charge is 2.20. The summed E-state index contributed by atoms with van der Waals surface area (Å²) >= 11 is 0. The Morgan fingerprint density at radius 3 is 3.17 bits per heavy atom. The van der Waals surface area contributed by atoms with Crippen LogP contribution in [0.3, 0.4) is 0 Å². The molecule has 2 heterocycles. The molecule has 1 aromatic heterocycles. The largest absolute Gasteiger partial charge is 0.384 e. The molecule has 1 atom stereocenters. The van der Waals surface area contributed by atoms with Gasteiger partial charge in [0, 0.05) is 32.8 Å². The lowest BCUT2D eigenvalue weighted by molar-refractivity contribution is 0.143. The molecule has 0 amide bonds. The van der Waals surface area contributed by atoms with Crippen LogP contribution in [-0.2, 0) is 4.74 Å². The molecule has 100 valence electrons. The van der Waals surface area contributed by atoms with E-state index >= 15 is 0 Å². The molecule has 1 aromatic rings. The second-order valence-corrected chi connectivity index (χ2v) is 4.70. The van der Waals surface area contributed by atoms with E-state index in [2.05, 4.69) is 27.1 Å². The Morgan fingerprint density at radius 1 is 1.50 bits per heavy atom. The zero-order valence-corrected chi connectivity index (χ0v) is 11.2. The predicted molar refractivity (Wildman–Crippen MR) is 73.0 cm³/mol. The number of nitrogens with one attached hydrogen (secondary N) is 1. The smallest absolute Gasteiger partial charge is 0.134 e. The maximum Gasteiger partial charge on any atom is 0.134 e. The van der Waals surface area contributed by atoms with Gasteiger partial charge in [0.1, 0.15) is 18.0 Å². The van der Waals surface area contributed by atoms with E-state index in [9.17, 15) is 0 Å². The minimum Gasteiger partial charge on any atom is -0.384 e. The summed E-state index contributed by atoms with van der Waals surface area (Å²) < 4.78 is 5.26. The van der Waals surface area contributed by atoms with E-state index in [-0.39, 0.29) is 0 Å². The van der Waals surface area contributed by atoms with Gasteiger partial charge in [0.25, 0.3) is 0 Å². The number of hydrogen-bond acceptors (Lipinski definition) is 5. The van der Waals surface area contributed by atoms with Crippen LogP contribution < -0.4 is 10.2 Å². The molecule has 1 aliphatic heterocycles. The van der Waals surface area contributed by atoms with Gasteiger partial charge < -0.3 is 15.0 Å². The summed E-state index contributed by atoms with van der Waals surface area (Å²) in [5.41, 5.74) is 0. The maximum absolute atomic E-state index is 5.26. The van der Waals surface area contributed by atoms with Gasteiger partial charge in [0.05, 0.1) is 6.61 Å². The quantitative estimate of drug-likeness (QED) is 0.863. The molecular weight excluding hydrogens is 228 g/mol. The van der Waals surface area contributed by atoms with Crippen LogP contribution in [-0.4, -0.2) is 43.3 Å². The predicted octanol–water partition coefficient (Wildman–Crippen LogP) is 1.77. The molecule has 5 heteroatoms. The third kappa shape index (κ3) is 3.32. The van der Waals surface area contributed by atoms with Gasteiger partial charge in [0.2, 0.25) is 0 Å². The summed E-state index contributed by atoms with van der Waals surface area (Å²) in [5, 5.41) is 3.22. The molecular formula is C13H22N4O. The van der Waals surface area contributed by atoms with Crippen molar-refractivity contribution >= 4 is 11.6 Å². The molecule has 0 bridgehead atoms.